The molecule has 0 saturated carbocycles. The van der Waals surface area contributed by atoms with Gasteiger partial charge in [0.15, 0.2) is 0 Å². The van der Waals surface area contributed by atoms with Gasteiger partial charge in [-0.15, -0.1) is 0 Å². The number of aryl methyl sites for hydroxylation is 1. The number of amides is 1. The average Bonchev–Trinajstić information content (AvgIpc) is 2.61. The minimum absolute atomic E-state index is 0.269. The first-order valence-electron chi connectivity index (χ1n) is 7.77. The summed E-state index contributed by atoms with van der Waals surface area (Å²) in [6.07, 6.45) is 2.55. The van der Waals surface area contributed by atoms with E-state index in [1.165, 1.54) is 25.5 Å². The molecule has 5 heteroatoms. The molecule has 1 aromatic heterocycles. The van der Waals surface area contributed by atoms with E-state index in [2.05, 4.69) is 5.32 Å². The minimum atomic E-state index is -0.427. The van der Waals surface area contributed by atoms with E-state index < -0.39 is 5.63 Å². The Hall–Kier alpha value is -3.34. The zero-order chi connectivity index (χ0) is 17.8. The predicted molar refractivity (Wildman–Crippen MR) is 96.5 cm³/mol. The number of carbonyl (C=O) groups is 1. The van der Waals surface area contributed by atoms with Gasteiger partial charge in [0.25, 0.3) is 0 Å². The summed E-state index contributed by atoms with van der Waals surface area (Å²) in [4.78, 5) is 23.1. The largest absolute Gasteiger partial charge is 0.465 e. The Bertz CT molecular complexity index is 1020. The van der Waals surface area contributed by atoms with E-state index in [0.717, 1.165) is 22.1 Å². The van der Waals surface area contributed by atoms with Gasteiger partial charge < -0.3 is 14.5 Å². The van der Waals surface area contributed by atoms with Crippen molar-refractivity contribution in [3.8, 4) is 16.9 Å². The number of fused-ring (bicyclic) bond motifs is 1. The summed E-state index contributed by atoms with van der Waals surface area (Å²) in [6, 6.07) is 14.6. The summed E-state index contributed by atoms with van der Waals surface area (Å²) < 4.78 is 10.7. The van der Waals surface area contributed by atoms with Crippen LogP contribution in [-0.2, 0) is 4.79 Å². The van der Waals surface area contributed by atoms with Crippen molar-refractivity contribution in [2.24, 2.45) is 0 Å². The van der Waals surface area contributed by atoms with E-state index in [4.69, 9.17) is 9.15 Å². The molecule has 126 valence electrons. The monoisotopic (exact) mass is 335 g/mol. The predicted octanol–water partition coefficient (Wildman–Crippen LogP) is 3.41. The molecule has 0 unspecified atom stereocenters. The summed E-state index contributed by atoms with van der Waals surface area (Å²) in [7, 11) is 1.53. The molecular formula is C20H17NO4. The van der Waals surface area contributed by atoms with Crippen LogP contribution in [0.3, 0.4) is 0 Å². The number of hydrogen-bond donors (Lipinski definition) is 1. The molecule has 25 heavy (non-hydrogen) atoms. The Balaban J connectivity index is 2.04. The van der Waals surface area contributed by atoms with Crippen molar-refractivity contribution in [2.45, 2.75) is 6.92 Å². The van der Waals surface area contributed by atoms with Gasteiger partial charge in [-0.1, -0.05) is 24.3 Å². The lowest BCUT2D eigenvalue weighted by Gasteiger charge is -2.09. The van der Waals surface area contributed by atoms with Gasteiger partial charge >= 0.3 is 5.63 Å². The molecule has 0 aliphatic carbocycles. The minimum Gasteiger partial charge on any atom is -0.465 e. The third-order valence-electron chi connectivity index (χ3n) is 3.82. The van der Waals surface area contributed by atoms with Gasteiger partial charge in [0.1, 0.15) is 11.3 Å². The third-order valence-corrected chi connectivity index (χ3v) is 3.82. The Kier molecular flexibility index (Phi) is 4.66. The average molecular weight is 335 g/mol. The molecule has 0 aliphatic heterocycles. The zero-order valence-electron chi connectivity index (χ0n) is 13.9. The summed E-state index contributed by atoms with van der Waals surface area (Å²) in [6.45, 7) is 2.00. The maximum Gasteiger partial charge on any atom is 0.336 e. The van der Waals surface area contributed by atoms with E-state index in [9.17, 15) is 9.59 Å². The number of ether oxygens (including phenoxy) is 1. The highest BCUT2D eigenvalue weighted by Crippen LogP contribution is 2.31. The molecule has 0 aliphatic rings. The first kappa shape index (κ1) is 16.5. The van der Waals surface area contributed by atoms with Crippen LogP contribution in [0.5, 0.6) is 5.75 Å². The first-order valence-corrected chi connectivity index (χ1v) is 7.77. The number of hydrogen-bond acceptors (Lipinski definition) is 4. The van der Waals surface area contributed by atoms with Crippen molar-refractivity contribution in [1.29, 1.82) is 0 Å². The maximum atomic E-state index is 12.0. The molecule has 0 spiro atoms. The van der Waals surface area contributed by atoms with Crippen LogP contribution in [0, 0.1) is 6.92 Å². The fraction of sp³-hybridized carbons (Fsp3) is 0.100. The van der Waals surface area contributed by atoms with Crippen molar-refractivity contribution in [2.75, 3.05) is 7.05 Å². The normalized spacial score (nSPS) is 11.0. The molecular weight excluding hydrogens is 318 g/mol. The second kappa shape index (κ2) is 7.05. The molecule has 1 amide bonds. The summed E-state index contributed by atoms with van der Waals surface area (Å²) in [5, 5.41) is 3.27. The molecule has 5 nitrogen and oxygen atoms in total. The van der Waals surface area contributed by atoms with Crippen LogP contribution in [-0.4, -0.2) is 13.0 Å². The van der Waals surface area contributed by atoms with Gasteiger partial charge in [0.05, 0.1) is 6.26 Å². The van der Waals surface area contributed by atoms with Gasteiger partial charge in [0.2, 0.25) is 5.91 Å². The Labute approximate surface area is 144 Å². The molecule has 0 saturated heterocycles. The van der Waals surface area contributed by atoms with Gasteiger partial charge in [-0.05, 0) is 30.2 Å². The topological polar surface area (TPSA) is 68.5 Å². The SMILES string of the molecule is CNC(=O)C=COc1ccc2c(-c3ccccc3C)cc(=O)oc2c1. The molecule has 2 aromatic carbocycles. The lowest BCUT2D eigenvalue weighted by Crippen LogP contribution is -2.14. The summed E-state index contributed by atoms with van der Waals surface area (Å²) in [5.74, 6) is 0.201. The van der Waals surface area contributed by atoms with E-state index in [0.29, 0.717) is 11.3 Å². The Morgan fingerprint density at radius 3 is 2.68 bits per heavy atom. The highest BCUT2D eigenvalue weighted by molar-refractivity contribution is 5.94. The lowest BCUT2D eigenvalue weighted by atomic mass is 9.98. The van der Waals surface area contributed by atoms with Gasteiger partial charge in [-0.3, -0.25) is 4.79 Å². The summed E-state index contributed by atoms with van der Waals surface area (Å²) in [5.41, 5.74) is 2.87. The molecule has 0 bridgehead atoms. The quantitative estimate of drug-likeness (QED) is 0.451. The fourth-order valence-corrected chi connectivity index (χ4v) is 2.57. The lowest BCUT2D eigenvalue weighted by molar-refractivity contribution is -0.116. The van der Waals surface area contributed by atoms with Crippen molar-refractivity contribution < 1.29 is 13.9 Å². The van der Waals surface area contributed by atoms with E-state index in [1.807, 2.05) is 37.3 Å². The number of nitrogens with one attached hydrogen (secondary N) is 1. The number of benzene rings is 2. The van der Waals surface area contributed by atoms with Crippen LogP contribution in [0.4, 0.5) is 0 Å². The second-order valence-electron chi connectivity index (χ2n) is 5.49. The maximum absolute atomic E-state index is 12.0. The molecule has 3 rings (SSSR count). The van der Waals surface area contributed by atoms with Crippen LogP contribution >= 0.6 is 0 Å². The van der Waals surface area contributed by atoms with Crippen molar-refractivity contribution in [3.63, 3.8) is 0 Å². The Morgan fingerprint density at radius 1 is 1.12 bits per heavy atom. The van der Waals surface area contributed by atoms with Crippen LogP contribution < -0.4 is 15.7 Å². The standard InChI is InChI=1S/C20H17NO4/c1-13-5-3-4-6-15(13)17-12-20(23)25-18-11-14(7-8-16(17)18)24-10-9-19(22)21-2/h3-12H,1-2H3,(H,21,22). The highest BCUT2D eigenvalue weighted by Gasteiger charge is 2.10. The van der Waals surface area contributed by atoms with Gasteiger partial charge in [0, 0.05) is 36.2 Å². The Morgan fingerprint density at radius 2 is 1.92 bits per heavy atom. The van der Waals surface area contributed by atoms with Crippen LogP contribution in [0.2, 0.25) is 0 Å². The van der Waals surface area contributed by atoms with Crippen molar-refractivity contribution in [1.82, 2.24) is 5.32 Å². The van der Waals surface area contributed by atoms with Gasteiger partial charge in [-0.25, -0.2) is 4.79 Å². The number of carbonyl (C=O) groups excluding carboxylic acids is 1. The molecule has 0 atom stereocenters. The molecule has 0 radical (unpaired) electrons. The first-order chi connectivity index (χ1) is 12.1. The molecule has 0 fully saturated rings. The number of rotatable bonds is 4. The fourth-order valence-electron chi connectivity index (χ4n) is 2.57. The van der Waals surface area contributed by atoms with E-state index in [1.54, 1.807) is 12.1 Å². The van der Waals surface area contributed by atoms with Crippen LogP contribution in [0.25, 0.3) is 22.1 Å². The molecule has 1 heterocycles. The highest BCUT2D eigenvalue weighted by atomic mass is 16.5. The summed E-state index contributed by atoms with van der Waals surface area (Å²) >= 11 is 0. The van der Waals surface area contributed by atoms with Crippen molar-refractivity contribution >= 4 is 16.9 Å². The van der Waals surface area contributed by atoms with Crippen molar-refractivity contribution in [3.05, 3.63) is 76.9 Å². The second-order valence-corrected chi connectivity index (χ2v) is 5.49. The van der Waals surface area contributed by atoms with Gasteiger partial charge in [-0.2, -0.15) is 0 Å². The van der Waals surface area contributed by atoms with E-state index in [-0.39, 0.29) is 5.91 Å². The molecule has 1 N–H and O–H groups in total. The zero-order valence-corrected chi connectivity index (χ0v) is 13.9. The van der Waals surface area contributed by atoms with E-state index >= 15 is 0 Å². The van der Waals surface area contributed by atoms with Crippen LogP contribution in [0.15, 0.2) is 70.1 Å². The molecule has 3 aromatic rings. The van der Waals surface area contributed by atoms with Crippen LogP contribution in [0.1, 0.15) is 5.56 Å². The number of likely N-dealkylation sites (N-methyl/N-ethyl adjacent to an activating group) is 1. The smallest absolute Gasteiger partial charge is 0.336 e. The third kappa shape index (κ3) is 3.61.